The molecule has 1 aromatic carbocycles. The number of rotatable bonds is 4. The van der Waals surface area contributed by atoms with Crippen LogP contribution in [0.15, 0.2) is 18.2 Å². The van der Waals surface area contributed by atoms with Crippen molar-refractivity contribution >= 4 is 5.97 Å². The number of carboxylic acids is 1. The van der Waals surface area contributed by atoms with Gasteiger partial charge in [-0.15, -0.1) is 0 Å². The average Bonchev–Trinajstić information content (AvgIpc) is 2.20. The van der Waals surface area contributed by atoms with Crippen LogP contribution in [0.5, 0.6) is 5.75 Å². The lowest BCUT2D eigenvalue weighted by Crippen LogP contribution is -2.41. The quantitative estimate of drug-likeness (QED) is 0.818. The maximum Gasteiger partial charge on any atom is 0.339 e. The first-order valence-electron chi connectivity index (χ1n) is 4.37. The fourth-order valence-corrected chi connectivity index (χ4v) is 0.876. The maximum atomic E-state index is 13.0. The van der Waals surface area contributed by atoms with Gasteiger partial charge in [-0.1, -0.05) is 6.07 Å². The fourth-order valence-electron chi connectivity index (χ4n) is 0.876. The molecule has 0 aliphatic carbocycles. The van der Waals surface area contributed by atoms with Gasteiger partial charge in [-0.3, -0.25) is 0 Å². The molecule has 0 fully saturated rings. The van der Waals surface area contributed by atoms with Gasteiger partial charge in [0.25, 0.3) is 0 Å². The Morgan fingerprint density at radius 1 is 1.50 bits per heavy atom. The summed E-state index contributed by atoms with van der Waals surface area (Å²) in [5.41, 5.74) is -2.15. The number of carbonyl (C=O) groups is 1. The molecule has 88 valence electrons. The van der Waals surface area contributed by atoms with Crippen LogP contribution in [0.3, 0.4) is 0 Å². The zero-order chi connectivity index (χ0) is 12.3. The number of aliphatic hydroxyl groups is 1. The van der Waals surface area contributed by atoms with Crippen molar-refractivity contribution in [1.82, 2.24) is 0 Å². The molecular formula is C10H10F2O4. The second-order valence-electron chi connectivity index (χ2n) is 3.42. The Labute approximate surface area is 90.1 Å². The minimum atomic E-state index is -2.15. The summed E-state index contributed by atoms with van der Waals surface area (Å²) in [6, 6.07) is 3.25. The Kier molecular flexibility index (Phi) is 3.44. The van der Waals surface area contributed by atoms with E-state index in [-0.39, 0.29) is 0 Å². The molecule has 6 heteroatoms. The number of aliphatic carboxylic acids is 1. The van der Waals surface area contributed by atoms with E-state index in [1.807, 2.05) is 0 Å². The first kappa shape index (κ1) is 12.4. The van der Waals surface area contributed by atoms with Crippen LogP contribution in [0.1, 0.15) is 6.92 Å². The van der Waals surface area contributed by atoms with Crippen molar-refractivity contribution < 1.29 is 28.5 Å². The molecule has 0 amide bonds. The van der Waals surface area contributed by atoms with Crippen LogP contribution in [0.25, 0.3) is 0 Å². The third-order valence-electron chi connectivity index (χ3n) is 1.89. The molecule has 0 radical (unpaired) electrons. The van der Waals surface area contributed by atoms with Crippen molar-refractivity contribution in [3.8, 4) is 5.75 Å². The third-order valence-corrected chi connectivity index (χ3v) is 1.89. The SMILES string of the molecule is CC(O)(COc1cccc(F)c1F)C(=O)O. The molecule has 0 aromatic heterocycles. The van der Waals surface area contributed by atoms with Crippen LogP contribution in [0.4, 0.5) is 8.78 Å². The monoisotopic (exact) mass is 232 g/mol. The van der Waals surface area contributed by atoms with E-state index in [1.165, 1.54) is 6.07 Å². The van der Waals surface area contributed by atoms with Gasteiger partial charge < -0.3 is 14.9 Å². The summed E-state index contributed by atoms with van der Waals surface area (Å²) in [7, 11) is 0. The number of hydrogen-bond acceptors (Lipinski definition) is 3. The van der Waals surface area contributed by atoms with Gasteiger partial charge in [0.1, 0.15) is 6.61 Å². The highest BCUT2D eigenvalue weighted by molar-refractivity contribution is 5.76. The first-order valence-corrected chi connectivity index (χ1v) is 4.37. The second-order valence-corrected chi connectivity index (χ2v) is 3.42. The largest absolute Gasteiger partial charge is 0.487 e. The van der Waals surface area contributed by atoms with E-state index in [0.29, 0.717) is 0 Å². The number of hydrogen-bond donors (Lipinski definition) is 2. The zero-order valence-corrected chi connectivity index (χ0v) is 8.41. The molecule has 0 saturated carbocycles. The molecule has 4 nitrogen and oxygen atoms in total. The summed E-state index contributed by atoms with van der Waals surface area (Å²) in [6.45, 7) is 0.315. The van der Waals surface area contributed by atoms with Crippen molar-refractivity contribution in [1.29, 1.82) is 0 Å². The predicted molar refractivity (Wildman–Crippen MR) is 50.1 cm³/mol. The third kappa shape index (κ3) is 2.66. The topological polar surface area (TPSA) is 66.8 Å². The normalized spacial score (nSPS) is 14.2. The highest BCUT2D eigenvalue weighted by Gasteiger charge is 2.31. The molecule has 0 spiro atoms. The summed E-state index contributed by atoms with van der Waals surface area (Å²) in [5, 5.41) is 17.8. The molecule has 0 aliphatic heterocycles. The zero-order valence-electron chi connectivity index (χ0n) is 8.41. The van der Waals surface area contributed by atoms with Crippen molar-refractivity contribution in [2.45, 2.75) is 12.5 Å². The van der Waals surface area contributed by atoms with Crippen molar-refractivity contribution in [2.75, 3.05) is 6.61 Å². The van der Waals surface area contributed by atoms with Crippen LogP contribution >= 0.6 is 0 Å². The number of ether oxygens (including phenoxy) is 1. The average molecular weight is 232 g/mol. The molecule has 1 aromatic rings. The predicted octanol–water partition coefficient (Wildman–Crippen LogP) is 1.18. The van der Waals surface area contributed by atoms with Crippen molar-refractivity contribution in [3.05, 3.63) is 29.8 Å². The van der Waals surface area contributed by atoms with E-state index >= 15 is 0 Å². The molecule has 0 saturated heterocycles. The lowest BCUT2D eigenvalue weighted by molar-refractivity contribution is -0.159. The summed E-state index contributed by atoms with van der Waals surface area (Å²) < 4.78 is 30.5. The molecule has 1 unspecified atom stereocenters. The highest BCUT2D eigenvalue weighted by Crippen LogP contribution is 2.20. The molecule has 2 N–H and O–H groups in total. The van der Waals surface area contributed by atoms with Crippen LogP contribution in [0, 0.1) is 11.6 Å². The minimum Gasteiger partial charge on any atom is -0.487 e. The smallest absolute Gasteiger partial charge is 0.339 e. The van der Waals surface area contributed by atoms with Gasteiger partial charge in [0.15, 0.2) is 17.2 Å². The Morgan fingerprint density at radius 3 is 2.69 bits per heavy atom. The fraction of sp³-hybridized carbons (Fsp3) is 0.300. The molecule has 1 rings (SSSR count). The molecular weight excluding hydrogens is 222 g/mol. The molecule has 16 heavy (non-hydrogen) atoms. The Bertz CT molecular complexity index is 404. The van der Waals surface area contributed by atoms with Gasteiger partial charge in [-0.25, -0.2) is 9.18 Å². The standard InChI is InChI=1S/C10H10F2O4/c1-10(15,9(13)14)5-16-7-4-2-3-6(11)8(7)12/h2-4,15H,5H2,1H3,(H,13,14). The van der Waals surface area contributed by atoms with Crippen LogP contribution in [0.2, 0.25) is 0 Å². The van der Waals surface area contributed by atoms with Gasteiger partial charge in [0.05, 0.1) is 0 Å². The molecule has 0 heterocycles. The summed E-state index contributed by atoms with van der Waals surface area (Å²) in [6.07, 6.45) is 0. The Morgan fingerprint density at radius 2 is 2.12 bits per heavy atom. The van der Waals surface area contributed by atoms with E-state index in [4.69, 9.17) is 9.84 Å². The second kappa shape index (κ2) is 4.44. The van der Waals surface area contributed by atoms with Crippen LogP contribution in [-0.2, 0) is 4.79 Å². The maximum absolute atomic E-state index is 13.0. The lowest BCUT2D eigenvalue weighted by atomic mass is 10.1. The first-order chi connectivity index (χ1) is 7.34. The molecule has 1 atom stereocenters. The minimum absolute atomic E-state index is 0.443. The van der Waals surface area contributed by atoms with E-state index in [0.717, 1.165) is 19.1 Å². The highest BCUT2D eigenvalue weighted by atomic mass is 19.2. The van der Waals surface area contributed by atoms with E-state index in [9.17, 15) is 18.7 Å². The van der Waals surface area contributed by atoms with E-state index < -0.39 is 35.6 Å². The van der Waals surface area contributed by atoms with Gasteiger partial charge in [0.2, 0.25) is 5.82 Å². The number of carboxylic acid groups (broad SMARTS) is 1. The van der Waals surface area contributed by atoms with Gasteiger partial charge >= 0.3 is 5.97 Å². The van der Waals surface area contributed by atoms with E-state index in [1.54, 1.807) is 0 Å². The van der Waals surface area contributed by atoms with Gasteiger partial charge in [0, 0.05) is 0 Å². The Hall–Kier alpha value is -1.69. The lowest BCUT2D eigenvalue weighted by Gasteiger charge is -2.18. The summed E-state index contributed by atoms with van der Waals surface area (Å²) in [4.78, 5) is 10.5. The van der Waals surface area contributed by atoms with Crippen molar-refractivity contribution in [3.63, 3.8) is 0 Å². The van der Waals surface area contributed by atoms with Crippen LogP contribution in [-0.4, -0.2) is 28.4 Å². The molecule has 0 bridgehead atoms. The van der Waals surface area contributed by atoms with Gasteiger partial charge in [-0.2, -0.15) is 4.39 Å². The molecule has 0 aliphatic rings. The number of benzene rings is 1. The Balaban J connectivity index is 2.76. The van der Waals surface area contributed by atoms with Crippen LogP contribution < -0.4 is 4.74 Å². The van der Waals surface area contributed by atoms with E-state index in [2.05, 4.69) is 0 Å². The van der Waals surface area contributed by atoms with Crippen molar-refractivity contribution in [2.24, 2.45) is 0 Å². The summed E-state index contributed by atoms with van der Waals surface area (Å²) >= 11 is 0. The number of halogens is 2. The summed E-state index contributed by atoms with van der Waals surface area (Å²) in [5.74, 6) is -4.28. The van der Waals surface area contributed by atoms with Gasteiger partial charge in [-0.05, 0) is 19.1 Å².